The quantitative estimate of drug-likeness (QED) is 0.862. The number of hydrogen-bond acceptors (Lipinski definition) is 3. The smallest absolute Gasteiger partial charge is 0.154 e. The Bertz CT molecular complexity index is 525. The molecule has 0 heterocycles. The zero-order valence-corrected chi connectivity index (χ0v) is 12.5. The molecule has 0 amide bonds. The molecular weight excluding hydrogens is 258 g/mol. The van der Waals surface area contributed by atoms with Crippen LogP contribution in [-0.2, 0) is 16.3 Å². The Kier molecular flexibility index (Phi) is 4.63. The fourth-order valence-corrected chi connectivity index (χ4v) is 4.60. The lowest BCUT2D eigenvalue weighted by molar-refractivity contribution is 0.483. The molecule has 1 aliphatic carbocycles. The molecule has 0 radical (unpaired) electrons. The average Bonchev–Trinajstić information content (AvgIpc) is 2.60. The Morgan fingerprint density at radius 3 is 2.68 bits per heavy atom. The molecule has 1 aromatic carbocycles. The van der Waals surface area contributed by atoms with Crippen molar-refractivity contribution in [3.63, 3.8) is 0 Å². The van der Waals surface area contributed by atoms with Crippen molar-refractivity contribution in [1.29, 1.82) is 0 Å². The van der Waals surface area contributed by atoms with Crippen LogP contribution in [0.4, 0.5) is 0 Å². The van der Waals surface area contributed by atoms with Crippen molar-refractivity contribution < 1.29 is 8.42 Å². The minimum Gasteiger partial charge on any atom is -0.309 e. The van der Waals surface area contributed by atoms with E-state index in [-0.39, 0.29) is 17.0 Å². The van der Waals surface area contributed by atoms with E-state index in [2.05, 4.69) is 17.4 Å². The largest absolute Gasteiger partial charge is 0.309 e. The van der Waals surface area contributed by atoms with Gasteiger partial charge in [-0.15, -0.1) is 0 Å². The molecule has 1 aromatic rings. The Balaban J connectivity index is 2.46. The van der Waals surface area contributed by atoms with Crippen LogP contribution in [0, 0.1) is 0 Å². The highest BCUT2D eigenvalue weighted by atomic mass is 32.2. The van der Waals surface area contributed by atoms with Crippen molar-refractivity contribution in [2.75, 3.05) is 12.3 Å². The number of aryl methyl sites for hydroxylation is 1. The second-order valence-corrected chi connectivity index (χ2v) is 7.62. The highest BCUT2D eigenvalue weighted by Crippen LogP contribution is 2.33. The number of hydrogen-bond donors (Lipinski definition) is 1. The van der Waals surface area contributed by atoms with Crippen LogP contribution in [0.2, 0.25) is 0 Å². The predicted octanol–water partition coefficient (Wildman–Crippen LogP) is 2.48. The molecule has 0 aliphatic heterocycles. The first kappa shape index (κ1) is 14.5. The zero-order valence-electron chi connectivity index (χ0n) is 11.7. The third-order valence-corrected chi connectivity index (χ3v) is 6.22. The van der Waals surface area contributed by atoms with Gasteiger partial charge in [0.05, 0.1) is 5.25 Å². The molecule has 1 aliphatic rings. The number of rotatable bonds is 4. The van der Waals surface area contributed by atoms with E-state index >= 15 is 0 Å². The molecule has 4 heteroatoms. The van der Waals surface area contributed by atoms with Crippen LogP contribution in [0.5, 0.6) is 0 Å². The Labute approximate surface area is 116 Å². The molecule has 0 saturated heterocycles. The topological polar surface area (TPSA) is 46.2 Å². The van der Waals surface area contributed by atoms with E-state index < -0.39 is 9.84 Å². The molecule has 1 N–H and O–H groups in total. The monoisotopic (exact) mass is 281 g/mol. The van der Waals surface area contributed by atoms with Gasteiger partial charge >= 0.3 is 0 Å². The summed E-state index contributed by atoms with van der Waals surface area (Å²) < 4.78 is 24.7. The van der Waals surface area contributed by atoms with Crippen LogP contribution >= 0.6 is 0 Å². The average molecular weight is 281 g/mol. The van der Waals surface area contributed by atoms with Crippen LogP contribution < -0.4 is 5.32 Å². The molecule has 2 rings (SSSR count). The van der Waals surface area contributed by atoms with Crippen molar-refractivity contribution in [3.8, 4) is 0 Å². The molecule has 3 nitrogen and oxygen atoms in total. The van der Waals surface area contributed by atoms with Gasteiger partial charge in [0, 0.05) is 11.8 Å². The van der Waals surface area contributed by atoms with Gasteiger partial charge in [-0.05, 0) is 36.9 Å². The van der Waals surface area contributed by atoms with Crippen LogP contribution in [0.15, 0.2) is 24.3 Å². The molecule has 19 heavy (non-hydrogen) atoms. The highest BCUT2D eigenvalue weighted by Gasteiger charge is 2.35. The van der Waals surface area contributed by atoms with Gasteiger partial charge in [0.15, 0.2) is 9.84 Å². The fourth-order valence-electron chi connectivity index (χ4n) is 2.99. The first-order valence-electron chi connectivity index (χ1n) is 7.13. The summed E-state index contributed by atoms with van der Waals surface area (Å²) in [6.07, 6.45) is 2.68. The van der Waals surface area contributed by atoms with Crippen LogP contribution in [0.1, 0.15) is 43.9 Å². The molecule has 0 spiro atoms. The lowest BCUT2D eigenvalue weighted by Gasteiger charge is -2.27. The SMILES string of the molecule is CCNC1c2ccccc2CCCC1S(=O)(=O)CC. The van der Waals surface area contributed by atoms with Crippen molar-refractivity contribution in [3.05, 3.63) is 35.4 Å². The molecule has 0 saturated carbocycles. The van der Waals surface area contributed by atoms with Gasteiger partial charge in [0.2, 0.25) is 0 Å². The zero-order chi connectivity index (χ0) is 13.9. The molecule has 0 fully saturated rings. The van der Waals surface area contributed by atoms with Gasteiger partial charge < -0.3 is 5.32 Å². The summed E-state index contributed by atoms with van der Waals surface area (Å²) in [6, 6.07) is 8.18. The maximum Gasteiger partial charge on any atom is 0.154 e. The van der Waals surface area contributed by atoms with Gasteiger partial charge in [-0.2, -0.15) is 0 Å². The van der Waals surface area contributed by atoms with Crippen molar-refractivity contribution in [1.82, 2.24) is 5.32 Å². The maximum absolute atomic E-state index is 12.4. The van der Waals surface area contributed by atoms with E-state index in [9.17, 15) is 8.42 Å². The minimum atomic E-state index is -3.02. The Hall–Kier alpha value is -0.870. The van der Waals surface area contributed by atoms with E-state index in [1.807, 2.05) is 19.1 Å². The maximum atomic E-state index is 12.4. The van der Waals surface area contributed by atoms with Gasteiger partial charge in [-0.25, -0.2) is 8.42 Å². The lowest BCUT2D eigenvalue weighted by atomic mass is 9.99. The Morgan fingerprint density at radius 1 is 1.26 bits per heavy atom. The molecule has 106 valence electrons. The van der Waals surface area contributed by atoms with E-state index in [4.69, 9.17) is 0 Å². The molecule has 0 aromatic heterocycles. The van der Waals surface area contributed by atoms with Crippen molar-refractivity contribution in [2.24, 2.45) is 0 Å². The predicted molar refractivity (Wildman–Crippen MR) is 79.0 cm³/mol. The number of fused-ring (bicyclic) bond motifs is 1. The molecular formula is C15H23NO2S. The van der Waals surface area contributed by atoms with Gasteiger partial charge in [-0.1, -0.05) is 38.1 Å². The molecule has 0 bridgehead atoms. The summed E-state index contributed by atoms with van der Waals surface area (Å²) in [5.41, 5.74) is 2.46. The van der Waals surface area contributed by atoms with Crippen LogP contribution in [-0.4, -0.2) is 26.0 Å². The van der Waals surface area contributed by atoms with Gasteiger partial charge in [-0.3, -0.25) is 0 Å². The third-order valence-electron chi connectivity index (χ3n) is 3.98. The highest BCUT2D eigenvalue weighted by molar-refractivity contribution is 7.92. The summed E-state index contributed by atoms with van der Waals surface area (Å²) in [4.78, 5) is 0. The number of sulfone groups is 1. The van der Waals surface area contributed by atoms with Crippen LogP contribution in [0.25, 0.3) is 0 Å². The summed E-state index contributed by atoms with van der Waals surface area (Å²) in [7, 11) is -3.02. The first-order chi connectivity index (χ1) is 9.10. The van der Waals surface area contributed by atoms with Crippen LogP contribution in [0.3, 0.4) is 0 Å². The third kappa shape index (κ3) is 3.00. The first-order valence-corrected chi connectivity index (χ1v) is 8.84. The number of benzene rings is 1. The summed E-state index contributed by atoms with van der Waals surface area (Å²) in [5, 5.41) is 3.10. The molecule has 2 atom stereocenters. The summed E-state index contributed by atoms with van der Waals surface area (Å²) in [5.74, 6) is 0.224. The normalized spacial score (nSPS) is 23.7. The number of nitrogens with one attached hydrogen (secondary N) is 1. The fraction of sp³-hybridized carbons (Fsp3) is 0.600. The van der Waals surface area contributed by atoms with Crippen molar-refractivity contribution in [2.45, 2.75) is 44.4 Å². The second kappa shape index (κ2) is 6.06. The standard InChI is InChI=1S/C15H23NO2S/c1-3-16-15-13-10-6-5-8-12(13)9-7-11-14(15)19(17,18)4-2/h5-6,8,10,14-16H,3-4,7,9,11H2,1-2H3. The van der Waals surface area contributed by atoms with Crippen molar-refractivity contribution >= 4 is 9.84 Å². The van der Waals surface area contributed by atoms with Gasteiger partial charge in [0.1, 0.15) is 0 Å². The summed E-state index contributed by atoms with van der Waals surface area (Å²) >= 11 is 0. The van der Waals surface area contributed by atoms with E-state index in [0.29, 0.717) is 0 Å². The van der Waals surface area contributed by atoms with Gasteiger partial charge in [0.25, 0.3) is 0 Å². The van der Waals surface area contributed by atoms with E-state index in [1.54, 1.807) is 6.92 Å². The lowest BCUT2D eigenvalue weighted by Crippen LogP contribution is -2.37. The van der Waals surface area contributed by atoms with E-state index in [0.717, 1.165) is 25.8 Å². The Morgan fingerprint density at radius 2 is 2.00 bits per heavy atom. The van der Waals surface area contributed by atoms with E-state index in [1.165, 1.54) is 11.1 Å². The molecule has 2 unspecified atom stereocenters. The minimum absolute atomic E-state index is 0.0614. The summed E-state index contributed by atoms with van der Waals surface area (Å²) in [6.45, 7) is 4.56. The second-order valence-electron chi connectivity index (χ2n) is 5.12.